The van der Waals surface area contributed by atoms with Crippen molar-refractivity contribution in [3.05, 3.63) is 34.9 Å². The van der Waals surface area contributed by atoms with Crippen molar-refractivity contribution in [1.29, 1.82) is 0 Å². The minimum Gasteiger partial charge on any atom is -0.391 e. The van der Waals surface area contributed by atoms with Crippen LogP contribution in [0.3, 0.4) is 0 Å². The van der Waals surface area contributed by atoms with E-state index in [4.69, 9.17) is 18.0 Å². The summed E-state index contributed by atoms with van der Waals surface area (Å²) in [7, 11) is 0. The number of nitrogens with one attached hydrogen (secondary N) is 1. The van der Waals surface area contributed by atoms with Crippen LogP contribution in [0.2, 0.25) is 0 Å². The highest BCUT2D eigenvalue weighted by Gasteiger charge is 2.28. The van der Waals surface area contributed by atoms with E-state index in [2.05, 4.69) is 5.32 Å². The summed E-state index contributed by atoms with van der Waals surface area (Å²) in [5, 5.41) is 2.94. The van der Waals surface area contributed by atoms with Crippen LogP contribution in [0.1, 0.15) is 41.8 Å². The molecule has 0 saturated heterocycles. The number of thiocarbonyl (C=S) groups is 1. The van der Waals surface area contributed by atoms with Gasteiger partial charge in [-0.3, -0.25) is 4.79 Å². The highest BCUT2D eigenvalue weighted by atomic mass is 32.1. The van der Waals surface area contributed by atoms with Crippen LogP contribution in [0.25, 0.3) is 0 Å². The molecule has 3 N–H and O–H groups in total. The van der Waals surface area contributed by atoms with Crippen LogP contribution in [0, 0.1) is 13.8 Å². The Morgan fingerprint density at radius 3 is 2.28 bits per heavy atom. The molecule has 0 saturated carbocycles. The summed E-state index contributed by atoms with van der Waals surface area (Å²) in [5.74, 6) is -0.122. The molecule has 0 aliphatic heterocycles. The predicted molar refractivity (Wildman–Crippen MR) is 78.9 cm³/mol. The van der Waals surface area contributed by atoms with Crippen LogP contribution in [-0.2, 0) is 0 Å². The van der Waals surface area contributed by atoms with E-state index in [1.54, 1.807) is 0 Å². The molecule has 0 aliphatic rings. The number of nitrogens with two attached hydrogens (primary N) is 1. The first kappa shape index (κ1) is 14.6. The fourth-order valence-corrected chi connectivity index (χ4v) is 2.01. The number of hydrogen-bond donors (Lipinski definition) is 2. The van der Waals surface area contributed by atoms with Crippen LogP contribution >= 0.6 is 12.2 Å². The SMILES string of the molecule is CCC(C)(NC(=O)c1c(C)cccc1C)C(N)=S. The second-order valence-electron chi connectivity index (χ2n) is 4.77. The van der Waals surface area contributed by atoms with Crippen LogP contribution in [0.5, 0.6) is 0 Å². The molecule has 0 bridgehead atoms. The lowest BCUT2D eigenvalue weighted by Crippen LogP contribution is -2.54. The number of hydrogen-bond acceptors (Lipinski definition) is 2. The van der Waals surface area contributed by atoms with Crippen LogP contribution in [-0.4, -0.2) is 16.4 Å². The minimum absolute atomic E-state index is 0.122. The zero-order valence-electron chi connectivity index (χ0n) is 11.3. The Balaban J connectivity index is 3.06. The van der Waals surface area contributed by atoms with Gasteiger partial charge < -0.3 is 11.1 Å². The number of carbonyl (C=O) groups is 1. The van der Waals surface area contributed by atoms with Crippen molar-refractivity contribution in [2.75, 3.05) is 0 Å². The average molecular weight is 264 g/mol. The van der Waals surface area contributed by atoms with Crippen molar-refractivity contribution in [3.63, 3.8) is 0 Å². The van der Waals surface area contributed by atoms with E-state index in [1.165, 1.54) is 0 Å². The Labute approximate surface area is 114 Å². The second-order valence-corrected chi connectivity index (χ2v) is 5.21. The van der Waals surface area contributed by atoms with Gasteiger partial charge in [0.15, 0.2) is 0 Å². The van der Waals surface area contributed by atoms with Gasteiger partial charge in [-0.05, 0) is 38.3 Å². The fourth-order valence-electron chi connectivity index (χ4n) is 1.81. The molecular weight excluding hydrogens is 244 g/mol. The largest absolute Gasteiger partial charge is 0.391 e. The van der Waals surface area contributed by atoms with E-state index in [0.29, 0.717) is 17.0 Å². The highest BCUT2D eigenvalue weighted by molar-refractivity contribution is 7.80. The molecule has 98 valence electrons. The first-order chi connectivity index (χ1) is 8.31. The molecular formula is C14H20N2OS. The summed E-state index contributed by atoms with van der Waals surface area (Å²) >= 11 is 5.03. The van der Waals surface area contributed by atoms with E-state index < -0.39 is 5.54 Å². The molecule has 0 fully saturated rings. The van der Waals surface area contributed by atoms with Gasteiger partial charge in [-0.2, -0.15) is 0 Å². The molecule has 0 aromatic heterocycles. The Kier molecular flexibility index (Phi) is 4.46. The van der Waals surface area contributed by atoms with Gasteiger partial charge in [-0.1, -0.05) is 37.3 Å². The smallest absolute Gasteiger partial charge is 0.252 e. The summed E-state index contributed by atoms with van der Waals surface area (Å²) in [6.07, 6.45) is 0.666. The standard InChI is InChI=1S/C14H20N2OS/c1-5-14(4,13(15)18)16-12(17)11-9(2)7-6-8-10(11)3/h6-8H,5H2,1-4H3,(H2,15,18)(H,16,17). The van der Waals surface area contributed by atoms with Crippen LogP contribution in [0.4, 0.5) is 0 Å². The maximum Gasteiger partial charge on any atom is 0.252 e. The molecule has 1 atom stereocenters. The third-order valence-corrected chi connectivity index (χ3v) is 3.80. The Bertz CT molecular complexity index is 464. The molecule has 1 amide bonds. The van der Waals surface area contributed by atoms with Gasteiger partial charge in [0.05, 0.1) is 10.5 Å². The lowest BCUT2D eigenvalue weighted by atomic mass is 9.96. The van der Waals surface area contributed by atoms with Gasteiger partial charge in [-0.15, -0.1) is 0 Å². The molecule has 18 heavy (non-hydrogen) atoms. The molecule has 1 aromatic carbocycles. The third-order valence-electron chi connectivity index (χ3n) is 3.35. The summed E-state index contributed by atoms with van der Waals surface area (Å²) in [6, 6.07) is 5.78. The number of carbonyl (C=O) groups excluding carboxylic acids is 1. The molecule has 0 spiro atoms. The average Bonchev–Trinajstić information content (AvgIpc) is 2.28. The predicted octanol–water partition coefficient (Wildman–Crippen LogP) is 2.49. The molecule has 4 heteroatoms. The lowest BCUT2D eigenvalue weighted by Gasteiger charge is -2.29. The van der Waals surface area contributed by atoms with E-state index in [9.17, 15) is 4.79 Å². The van der Waals surface area contributed by atoms with Crippen LogP contribution < -0.4 is 11.1 Å². The number of aryl methyl sites for hydroxylation is 2. The summed E-state index contributed by atoms with van der Waals surface area (Å²) in [5.41, 5.74) is 7.67. The molecule has 0 aliphatic carbocycles. The first-order valence-corrected chi connectivity index (χ1v) is 6.41. The van der Waals surface area contributed by atoms with Gasteiger partial charge in [-0.25, -0.2) is 0 Å². The maximum atomic E-state index is 12.3. The highest BCUT2D eigenvalue weighted by Crippen LogP contribution is 2.16. The molecule has 1 aromatic rings. The van der Waals surface area contributed by atoms with E-state index in [1.807, 2.05) is 45.9 Å². The molecule has 1 unspecified atom stereocenters. The normalized spacial score (nSPS) is 13.8. The Morgan fingerprint density at radius 2 is 1.89 bits per heavy atom. The van der Waals surface area contributed by atoms with E-state index >= 15 is 0 Å². The van der Waals surface area contributed by atoms with Crippen molar-refractivity contribution in [2.45, 2.75) is 39.7 Å². The zero-order valence-corrected chi connectivity index (χ0v) is 12.1. The second kappa shape index (κ2) is 5.48. The molecule has 1 rings (SSSR count). The van der Waals surface area contributed by atoms with Gasteiger partial charge in [0.1, 0.15) is 0 Å². The minimum atomic E-state index is -0.638. The topological polar surface area (TPSA) is 55.1 Å². The van der Waals surface area contributed by atoms with Crippen molar-refractivity contribution < 1.29 is 4.79 Å². The summed E-state index contributed by atoms with van der Waals surface area (Å²) < 4.78 is 0. The molecule has 0 heterocycles. The van der Waals surface area contributed by atoms with Crippen LogP contribution in [0.15, 0.2) is 18.2 Å². The van der Waals surface area contributed by atoms with Gasteiger partial charge in [0.2, 0.25) is 0 Å². The summed E-state index contributed by atoms with van der Waals surface area (Å²) in [4.78, 5) is 12.6. The monoisotopic (exact) mass is 264 g/mol. The number of rotatable bonds is 4. The first-order valence-electron chi connectivity index (χ1n) is 6.00. The fraction of sp³-hybridized carbons (Fsp3) is 0.429. The summed E-state index contributed by atoms with van der Waals surface area (Å²) in [6.45, 7) is 7.64. The van der Waals surface area contributed by atoms with Crippen molar-refractivity contribution >= 4 is 23.1 Å². The van der Waals surface area contributed by atoms with Gasteiger partial charge in [0.25, 0.3) is 5.91 Å². The third kappa shape index (κ3) is 2.88. The van der Waals surface area contributed by atoms with E-state index in [0.717, 1.165) is 11.1 Å². The molecule has 3 nitrogen and oxygen atoms in total. The number of benzene rings is 1. The Morgan fingerprint density at radius 1 is 1.39 bits per heavy atom. The maximum absolute atomic E-state index is 12.3. The number of amides is 1. The van der Waals surface area contributed by atoms with Crippen molar-refractivity contribution in [1.82, 2.24) is 5.32 Å². The van der Waals surface area contributed by atoms with Gasteiger partial charge in [0, 0.05) is 5.56 Å². The van der Waals surface area contributed by atoms with Gasteiger partial charge >= 0.3 is 0 Å². The zero-order chi connectivity index (χ0) is 13.9. The lowest BCUT2D eigenvalue weighted by molar-refractivity contribution is 0.0925. The van der Waals surface area contributed by atoms with Crippen molar-refractivity contribution in [3.8, 4) is 0 Å². The molecule has 0 radical (unpaired) electrons. The van der Waals surface area contributed by atoms with Crippen molar-refractivity contribution in [2.24, 2.45) is 5.73 Å². The quantitative estimate of drug-likeness (QED) is 0.822. The van der Waals surface area contributed by atoms with E-state index in [-0.39, 0.29) is 5.91 Å². The Hall–Kier alpha value is -1.42.